The lowest BCUT2D eigenvalue weighted by Crippen LogP contribution is -1.79. The highest BCUT2D eigenvalue weighted by molar-refractivity contribution is 7.15. The third-order valence-electron chi connectivity index (χ3n) is 2.08. The summed E-state index contributed by atoms with van der Waals surface area (Å²) < 4.78 is 0. The summed E-state index contributed by atoms with van der Waals surface area (Å²) in [6.45, 7) is 4.08. The van der Waals surface area contributed by atoms with Crippen LogP contribution in [-0.2, 0) is 0 Å². The number of thiazole rings is 1. The number of aromatic nitrogens is 1. The molecule has 1 heterocycles. The van der Waals surface area contributed by atoms with Gasteiger partial charge in [-0.3, -0.25) is 0 Å². The molecule has 0 fully saturated rings. The van der Waals surface area contributed by atoms with Gasteiger partial charge in [-0.2, -0.15) is 0 Å². The van der Waals surface area contributed by atoms with E-state index in [1.807, 2.05) is 31.3 Å². The fraction of sp³-hybridized carbons (Fsp3) is 0.182. The Balaban J connectivity index is 2.52. The van der Waals surface area contributed by atoms with Crippen LogP contribution >= 0.6 is 22.9 Å². The van der Waals surface area contributed by atoms with E-state index in [2.05, 4.69) is 11.9 Å². The normalized spacial score (nSPS) is 10.5. The molecule has 2 aromatic rings. The Hall–Kier alpha value is -0.860. The molecule has 1 aromatic heterocycles. The molecule has 2 rings (SSSR count). The van der Waals surface area contributed by atoms with E-state index in [0.717, 1.165) is 10.0 Å². The van der Waals surface area contributed by atoms with Crippen LogP contribution in [0, 0.1) is 13.8 Å². The van der Waals surface area contributed by atoms with Crippen LogP contribution in [-0.4, -0.2) is 4.98 Å². The molecule has 0 bridgehead atoms. The zero-order valence-electron chi connectivity index (χ0n) is 8.04. The average Bonchev–Trinajstić information content (AvgIpc) is 2.51. The Bertz CT molecular complexity index is 462. The third-order valence-corrected chi connectivity index (χ3v) is 3.26. The Kier molecular flexibility index (Phi) is 2.57. The van der Waals surface area contributed by atoms with E-state index in [1.165, 1.54) is 16.0 Å². The molecule has 0 saturated heterocycles. The number of aryl methyl sites for hydroxylation is 2. The molecule has 0 aliphatic carbocycles. The molecule has 0 aliphatic heterocycles. The standard InChI is InChI=1S/C11H10ClNS/c1-7-5-9(12)3-4-10(7)11-6-13-8(2)14-11/h3-6H,1-2H3. The van der Waals surface area contributed by atoms with Crippen molar-refractivity contribution in [2.45, 2.75) is 13.8 Å². The largest absolute Gasteiger partial charge is 0.249 e. The van der Waals surface area contributed by atoms with Crippen LogP contribution in [0.2, 0.25) is 5.02 Å². The van der Waals surface area contributed by atoms with E-state index in [4.69, 9.17) is 11.6 Å². The maximum Gasteiger partial charge on any atom is 0.0900 e. The second-order valence-electron chi connectivity index (χ2n) is 3.20. The number of rotatable bonds is 1. The number of hydrogen-bond donors (Lipinski definition) is 0. The maximum atomic E-state index is 5.90. The van der Waals surface area contributed by atoms with Gasteiger partial charge in [-0.05, 0) is 37.1 Å². The van der Waals surface area contributed by atoms with E-state index in [9.17, 15) is 0 Å². The van der Waals surface area contributed by atoms with Crippen LogP contribution in [0.4, 0.5) is 0 Å². The molecule has 1 aromatic carbocycles. The van der Waals surface area contributed by atoms with Gasteiger partial charge >= 0.3 is 0 Å². The van der Waals surface area contributed by atoms with Crippen molar-refractivity contribution in [3.05, 3.63) is 40.0 Å². The van der Waals surface area contributed by atoms with Crippen LogP contribution in [0.15, 0.2) is 24.4 Å². The van der Waals surface area contributed by atoms with Crippen molar-refractivity contribution in [3.8, 4) is 10.4 Å². The third kappa shape index (κ3) is 1.81. The van der Waals surface area contributed by atoms with Crippen LogP contribution < -0.4 is 0 Å². The zero-order chi connectivity index (χ0) is 10.1. The molecule has 72 valence electrons. The van der Waals surface area contributed by atoms with Crippen LogP contribution in [0.25, 0.3) is 10.4 Å². The van der Waals surface area contributed by atoms with Gasteiger partial charge in [-0.25, -0.2) is 4.98 Å². The molecule has 0 spiro atoms. The Morgan fingerprint density at radius 3 is 2.64 bits per heavy atom. The van der Waals surface area contributed by atoms with Crippen LogP contribution in [0.1, 0.15) is 10.6 Å². The molecular formula is C11H10ClNS. The monoisotopic (exact) mass is 223 g/mol. The summed E-state index contributed by atoms with van der Waals surface area (Å²) in [4.78, 5) is 5.45. The summed E-state index contributed by atoms with van der Waals surface area (Å²) in [5.41, 5.74) is 2.42. The SMILES string of the molecule is Cc1ncc(-c2ccc(Cl)cc2C)s1. The molecule has 0 aliphatic rings. The van der Waals surface area contributed by atoms with E-state index in [1.54, 1.807) is 11.3 Å². The van der Waals surface area contributed by atoms with Crippen molar-refractivity contribution < 1.29 is 0 Å². The Labute approximate surface area is 92.4 Å². The van der Waals surface area contributed by atoms with Gasteiger partial charge in [-0.1, -0.05) is 17.7 Å². The number of hydrogen-bond acceptors (Lipinski definition) is 2. The molecule has 0 saturated carbocycles. The molecular weight excluding hydrogens is 214 g/mol. The Morgan fingerprint density at radius 1 is 1.29 bits per heavy atom. The molecule has 14 heavy (non-hydrogen) atoms. The fourth-order valence-electron chi connectivity index (χ4n) is 1.39. The van der Waals surface area contributed by atoms with Gasteiger partial charge in [-0.15, -0.1) is 11.3 Å². The smallest absolute Gasteiger partial charge is 0.0900 e. The van der Waals surface area contributed by atoms with E-state index in [-0.39, 0.29) is 0 Å². The molecule has 0 unspecified atom stereocenters. The second kappa shape index (κ2) is 3.71. The number of halogens is 1. The summed E-state index contributed by atoms with van der Waals surface area (Å²) in [5, 5.41) is 1.88. The Morgan fingerprint density at radius 2 is 2.07 bits per heavy atom. The minimum atomic E-state index is 0.785. The topological polar surface area (TPSA) is 12.9 Å². The molecule has 1 nitrogen and oxygen atoms in total. The van der Waals surface area contributed by atoms with Crippen molar-refractivity contribution in [1.29, 1.82) is 0 Å². The predicted molar refractivity (Wildman–Crippen MR) is 62.0 cm³/mol. The molecule has 0 atom stereocenters. The minimum Gasteiger partial charge on any atom is -0.249 e. The maximum absolute atomic E-state index is 5.90. The van der Waals surface area contributed by atoms with Gasteiger partial charge in [0.05, 0.1) is 9.88 Å². The highest BCUT2D eigenvalue weighted by Gasteiger charge is 2.04. The zero-order valence-corrected chi connectivity index (χ0v) is 9.62. The first kappa shape index (κ1) is 9.69. The first-order chi connectivity index (χ1) is 6.66. The molecule has 0 radical (unpaired) electrons. The van der Waals surface area contributed by atoms with E-state index in [0.29, 0.717) is 0 Å². The lowest BCUT2D eigenvalue weighted by Gasteiger charge is -2.02. The molecule has 0 amide bonds. The average molecular weight is 224 g/mol. The predicted octanol–water partition coefficient (Wildman–Crippen LogP) is 4.08. The number of nitrogens with zero attached hydrogens (tertiary/aromatic N) is 1. The van der Waals surface area contributed by atoms with Crippen molar-refractivity contribution in [3.63, 3.8) is 0 Å². The van der Waals surface area contributed by atoms with Crippen molar-refractivity contribution in [2.24, 2.45) is 0 Å². The van der Waals surface area contributed by atoms with Gasteiger partial charge in [0.15, 0.2) is 0 Å². The van der Waals surface area contributed by atoms with Crippen molar-refractivity contribution in [2.75, 3.05) is 0 Å². The van der Waals surface area contributed by atoms with Crippen molar-refractivity contribution in [1.82, 2.24) is 4.98 Å². The highest BCUT2D eigenvalue weighted by Crippen LogP contribution is 2.29. The number of benzene rings is 1. The molecule has 3 heteroatoms. The van der Waals surface area contributed by atoms with Gasteiger partial charge in [0.1, 0.15) is 0 Å². The van der Waals surface area contributed by atoms with Crippen LogP contribution in [0.5, 0.6) is 0 Å². The summed E-state index contributed by atoms with van der Waals surface area (Å²) in [6.07, 6.45) is 1.91. The van der Waals surface area contributed by atoms with Crippen molar-refractivity contribution >= 4 is 22.9 Å². The quantitative estimate of drug-likeness (QED) is 0.710. The van der Waals surface area contributed by atoms with Gasteiger partial charge < -0.3 is 0 Å². The summed E-state index contributed by atoms with van der Waals surface area (Å²) >= 11 is 7.60. The highest BCUT2D eigenvalue weighted by atomic mass is 35.5. The second-order valence-corrected chi connectivity index (χ2v) is 4.87. The first-order valence-corrected chi connectivity index (χ1v) is 5.55. The van der Waals surface area contributed by atoms with Gasteiger partial charge in [0.25, 0.3) is 0 Å². The minimum absolute atomic E-state index is 0.785. The fourth-order valence-corrected chi connectivity index (χ4v) is 2.48. The lowest BCUT2D eigenvalue weighted by molar-refractivity contribution is 1.30. The van der Waals surface area contributed by atoms with E-state index >= 15 is 0 Å². The summed E-state index contributed by atoms with van der Waals surface area (Å²) in [6, 6.07) is 5.94. The van der Waals surface area contributed by atoms with Crippen LogP contribution in [0.3, 0.4) is 0 Å². The first-order valence-electron chi connectivity index (χ1n) is 4.36. The van der Waals surface area contributed by atoms with Gasteiger partial charge in [0, 0.05) is 11.2 Å². The van der Waals surface area contributed by atoms with Gasteiger partial charge in [0.2, 0.25) is 0 Å². The molecule has 0 N–H and O–H groups in total. The summed E-state index contributed by atoms with van der Waals surface area (Å²) in [5.74, 6) is 0. The van der Waals surface area contributed by atoms with E-state index < -0.39 is 0 Å². The lowest BCUT2D eigenvalue weighted by atomic mass is 10.1. The summed E-state index contributed by atoms with van der Waals surface area (Å²) in [7, 11) is 0.